The number of thioether (sulfide) groups is 1. The Bertz CT molecular complexity index is 607. The lowest BCUT2D eigenvalue weighted by Gasteiger charge is -2.35. The lowest BCUT2D eigenvalue weighted by atomic mass is 10.1. The monoisotopic (exact) mass is 338 g/mol. The predicted octanol–water partition coefficient (Wildman–Crippen LogP) is 1.65. The number of morpholine rings is 1. The maximum absolute atomic E-state index is 14.1. The van der Waals surface area contributed by atoms with Crippen molar-refractivity contribution in [3.63, 3.8) is 0 Å². The Morgan fingerprint density at radius 2 is 2.04 bits per heavy atom. The van der Waals surface area contributed by atoms with Crippen molar-refractivity contribution in [2.24, 2.45) is 0 Å². The molecule has 2 amide bonds. The van der Waals surface area contributed by atoms with E-state index in [9.17, 15) is 14.0 Å². The minimum absolute atomic E-state index is 0.106. The summed E-state index contributed by atoms with van der Waals surface area (Å²) < 4.78 is 19.4. The van der Waals surface area contributed by atoms with E-state index < -0.39 is 11.4 Å². The van der Waals surface area contributed by atoms with Crippen LogP contribution in [-0.4, -0.2) is 59.7 Å². The number of carbonyl (C=O) groups excluding carboxylic acids is 2. The van der Waals surface area contributed by atoms with Crippen LogP contribution in [0.25, 0.3) is 0 Å². The Hall–Kier alpha value is -1.60. The minimum atomic E-state index is -0.611. The van der Waals surface area contributed by atoms with Crippen LogP contribution in [0.3, 0.4) is 0 Å². The number of hydrogen-bond acceptors (Lipinski definition) is 4. The first-order valence-corrected chi connectivity index (χ1v) is 8.68. The van der Waals surface area contributed by atoms with Crippen LogP contribution in [0, 0.1) is 5.82 Å². The van der Waals surface area contributed by atoms with Gasteiger partial charge in [0, 0.05) is 18.7 Å². The molecule has 23 heavy (non-hydrogen) atoms. The molecule has 3 rings (SSSR count). The molecular formula is C16H19FN2O3S. The zero-order valence-electron chi connectivity index (χ0n) is 12.9. The minimum Gasteiger partial charge on any atom is -0.378 e. The molecule has 0 N–H and O–H groups in total. The molecule has 0 unspecified atom stereocenters. The van der Waals surface area contributed by atoms with Crippen LogP contribution in [-0.2, 0) is 14.3 Å². The lowest BCUT2D eigenvalue weighted by molar-refractivity contribution is -0.146. The van der Waals surface area contributed by atoms with E-state index >= 15 is 0 Å². The van der Waals surface area contributed by atoms with E-state index in [1.165, 1.54) is 22.7 Å². The fraction of sp³-hybridized carbons (Fsp3) is 0.500. The second-order valence-corrected chi connectivity index (χ2v) is 6.67. The van der Waals surface area contributed by atoms with Gasteiger partial charge in [0.25, 0.3) is 0 Å². The molecule has 0 saturated carbocycles. The molecule has 5 nitrogen and oxygen atoms in total. The van der Waals surface area contributed by atoms with E-state index in [1.54, 1.807) is 30.0 Å². The van der Waals surface area contributed by atoms with Gasteiger partial charge in [-0.05, 0) is 13.0 Å². The molecule has 0 aliphatic carbocycles. The highest BCUT2D eigenvalue weighted by molar-refractivity contribution is 8.00. The largest absolute Gasteiger partial charge is 0.378 e. The molecule has 0 radical (unpaired) electrons. The molecule has 0 spiro atoms. The van der Waals surface area contributed by atoms with Crippen molar-refractivity contribution in [3.8, 4) is 0 Å². The molecule has 2 fully saturated rings. The van der Waals surface area contributed by atoms with Crippen LogP contribution in [0.1, 0.15) is 17.9 Å². The highest BCUT2D eigenvalue weighted by Gasteiger charge is 2.41. The van der Waals surface area contributed by atoms with Gasteiger partial charge < -0.3 is 14.5 Å². The third-order valence-electron chi connectivity index (χ3n) is 4.17. The van der Waals surface area contributed by atoms with Gasteiger partial charge in [0.05, 0.1) is 19.0 Å². The Kier molecular flexibility index (Phi) is 4.87. The average Bonchev–Trinajstić information content (AvgIpc) is 2.96. The molecule has 2 aliphatic heterocycles. The number of hydrogen-bond donors (Lipinski definition) is 0. The maximum atomic E-state index is 14.1. The van der Waals surface area contributed by atoms with Crippen LogP contribution in [0.5, 0.6) is 0 Å². The summed E-state index contributed by atoms with van der Waals surface area (Å²) in [6, 6.07) is 5.80. The Morgan fingerprint density at radius 3 is 2.74 bits per heavy atom. The van der Waals surface area contributed by atoms with Crippen molar-refractivity contribution in [2.75, 3.05) is 32.1 Å². The Labute approximate surface area is 138 Å². The Morgan fingerprint density at radius 1 is 1.35 bits per heavy atom. The molecule has 2 saturated heterocycles. The fourth-order valence-electron chi connectivity index (χ4n) is 2.94. The van der Waals surface area contributed by atoms with Gasteiger partial charge >= 0.3 is 0 Å². The van der Waals surface area contributed by atoms with Crippen LogP contribution >= 0.6 is 11.8 Å². The second kappa shape index (κ2) is 6.88. The van der Waals surface area contributed by atoms with Crippen molar-refractivity contribution >= 4 is 23.6 Å². The molecule has 1 aromatic carbocycles. The van der Waals surface area contributed by atoms with E-state index in [2.05, 4.69) is 0 Å². The number of benzene rings is 1. The highest BCUT2D eigenvalue weighted by Crippen LogP contribution is 2.41. The van der Waals surface area contributed by atoms with E-state index in [1.807, 2.05) is 0 Å². The Balaban J connectivity index is 1.82. The maximum Gasteiger partial charge on any atom is 0.245 e. The van der Waals surface area contributed by atoms with E-state index in [4.69, 9.17) is 4.74 Å². The number of ether oxygens (including phenoxy) is 1. The number of nitrogens with zero attached hydrogens (tertiary/aromatic N) is 2. The summed E-state index contributed by atoms with van der Waals surface area (Å²) in [5.41, 5.74) is 0.449. The van der Waals surface area contributed by atoms with Crippen molar-refractivity contribution < 1.29 is 18.7 Å². The highest BCUT2D eigenvalue weighted by atomic mass is 32.2. The number of rotatable bonds is 3. The SMILES string of the molecule is C[C@H](C(=O)N1CCOCC1)N1C(=O)CS[C@@H]1c1ccccc1F. The number of carbonyl (C=O) groups is 2. The summed E-state index contributed by atoms with van der Waals surface area (Å²) in [4.78, 5) is 28.2. The predicted molar refractivity (Wildman–Crippen MR) is 85.3 cm³/mol. The summed E-state index contributed by atoms with van der Waals surface area (Å²) in [6.07, 6.45) is 0. The first-order chi connectivity index (χ1) is 11.1. The number of amides is 2. The zero-order chi connectivity index (χ0) is 16.4. The summed E-state index contributed by atoms with van der Waals surface area (Å²) in [7, 11) is 0. The fourth-order valence-corrected chi connectivity index (χ4v) is 4.22. The quantitative estimate of drug-likeness (QED) is 0.841. The van der Waals surface area contributed by atoms with Gasteiger partial charge in [-0.3, -0.25) is 9.59 Å². The van der Waals surface area contributed by atoms with Crippen molar-refractivity contribution in [1.82, 2.24) is 9.80 Å². The number of halogens is 1. The van der Waals surface area contributed by atoms with Crippen LogP contribution in [0.4, 0.5) is 4.39 Å². The molecule has 2 aliphatic rings. The van der Waals surface area contributed by atoms with E-state index in [0.29, 0.717) is 31.9 Å². The van der Waals surface area contributed by atoms with Crippen LogP contribution in [0.15, 0.2) is 24.3 Å². The third kappa shape index (κ3) is 3.21. The average molecular weight is 338 g/mol. The summed E-state index contributed by atoms with van der Waals surface area (Å²) in [5, 5.41) is -0.455. The van der Waals surface area contributed by atoms with Gasteiger partial charge in [0.1, 0.15) is 17.2 Å². The lowest BCUT2D eigenvalue weighted by Crippen LogP contribution is -2.51. The zero-order valence-corrected chi connectivity index (χ0v) is 13.7. The first kappa shape index (κ1) is 16.3. The molecular weight excluding hydrogens is 319 g/mol. The van der Waals surface area contributed by atoms with Crippen LogP contribution < -0.4 is 0 Å². The molecule has 7 heteroatoms. The van der Waals surface area contributed by atoms with Gasteiger partial charge in [0.15, 0.2) is 0 Å². The standard InChI is InChI=1S/C16H19FN2O3S/c1-11(15(21)18-6-8-22-9-7-18)19-14(20)10-23-16(19)12-4-2-3-5-13(12)17/h2-5,11,16H,6-10H2,1H3/t11-,16-/m1/s1. The summed E-state index contributed by atoms with van der Waals surface area (Å²) >= 11 is 1.36. The van der Waals surface area contributed by atoms with Crippen molar-refractivity contribution in [2.45, 2.75) is 18.3 Å². The molecule has 124 valence electrons. The van der Waals surface area contributed by atoms with Gasteiger partial charge in [-0.1, -0.05) is 18.2 Å². The third-order valence-corrected chi connectivity index (χ3v) is 5.38. The molecule has 2 heterocycles. The first-order valence-electron chi connectivity index (χ1n) is 7.63. The molecule has 1 aromatic rings. The normalized spacial score (nSPS) is 23.2. The summed E-state index contributed by atoms with van der Waals surface area (Å²) in [5.74, 6) is -0.321. The van der Waals surface area contributed by atoms with Gasteiger partial charge in [0.2, 0.25) is 11.8 Å². The van der Waals surface area contributed by atoms with E-state index in [-0.39, 0.29) is 23.4 Å². The summed E-state index contributed by atoms with van der Waals surface area (Å²) in [6.45, 7) is 3.80. The van der Waals surface area contributed by atoms with Crippen molar-refractivity contribution in [3.05, 3.63) is 35.6 Å². The van der Waals surface area contributed by atoms with Crippen molar-refractivity contribution in [1.29, 1.82) is 0 Å². The van der Waals surface area contributed by atoms with Gasteiger partial charge in [-0.2, -0.15) is 0 Å². The van der Waals surface area contributed by atoms with Gasteiger partial charge in [-0.15, -0.1) is 11.8 Å². The second-order valence-electron chi connectivity index (χ2n) is 5.60. The molecule has 0 aromatic heterocycles. The van der Waals surface area contributed by atoms with Crippen LogP contribution in [0.2, 0.25) is 0 Å². The smallest absolute Gasteiger partial charge is 0.245 e. The van der Waals surface area contributed by atoms with Gasteiger partial charge in [-0.25, -0.2) is 4.39 Å². The molecule has 2 atom stereocenters. The van der Waals surface area contributed by atoms with E-state index in [0.717, 1.165) is 0 Å². The molecule has 0 bridgehead atoms. The topological polar surface area (TPSA) is 49.9 Å².